The number of rotatable bonds is 7. The molecule has 1 N–H and O–H groups in total. The molecule has 0 aromatic heterocycles. The summed E-state index contributed by atoms with van der Waals surface area (Å²) < 4.78 is 33.8. The van der Waals surface area contributed by atoms with Crippen LogP contribution in [0, 0.1) is 0 Å². The van der Waals surface area contributed by atoms with Crippen molar-refractivity contribution in [3.63, 3.8) is 0 Å². The molecule has 9 heteroatoms. The van der Waals surface area contributed by atoms with Crippen LogP contribution in [0.4, 0.5) is 0 Å². The molecule has 1 unspecified atom stereocenters. The fourth-order valence-corrected chi connectivity index (χ4v) is 2.99. The van der Waals surface area contributed by atoms with Crippen molar-refractivity contribution in [3.8, 4) is 5.75 Å². The average Bonchev–Trinajstić information content (AvgIpc) is 2.58. The first-order chi connectivity index (χ1) is 11.4. The van der Waals surface area contributed by atoms with Crippen LogP contribution < -0.4 is 10.1 Å². The van der Waals surface area contributed by atoms with Crippen LogP contribution in [0.25, 0.3) is 0 Å². The van der Waals surface area contributed by atoms with Gasteiger partial charge in [-0.1, -0.05) is 0 Å². The van der Waals surface area contributed by atoms with E-state index in [1.807, 2.05) is 0 Å². The van der Waals surface area contributed by atoms with Crippen molar-refractivity contribution in [3.05, 3.63) is 24.3 Å². The van der Waals surface area contributed by atoms with Crippen LogP contribution in [0.15, 0.2) is 29.2 Å². The quantitative estimate of drug-likeness (QED) is 0.688. The number of amides is 1. The summed E-state index contributed by atoms with van der Waals surface area (Å²) in [7, 11) is -1.44. The second-order valence-electron chi connectivity index (χ2n) is 5.77. The van der Waals surface area contributed by atoms with Crippen LogP contribution in [0.5, 0.6) is 5.75 Å². The van der Waals surface area contributed by atoms with Gasteiger partial charge in [0.15, 0.2) is 9.84 Å². The van der Waals surface area contributed by atoms with Crippen LogP contribution in [0.2, 0.25) is 0 Å². The summed E-state index contributed by atoms with van der Waals surface area (Å²) in [6.07, 6.45) is 1.44. The van der Waals surface area contributed by atoms with Gasteiger partial charge in [-0.3, -0.25) is 4.79 Å². The predicted molar refractivity (Wildman–Crippen MR) is 97.2 cm³/mol. The van der Waals surface area contributed by atoms with Crippen molar-refractivity contribution in [1.82, 2.24) is 10.2 Å². The Bertz CT molecular complexity index is 645. The maximum Gasteiger partial charge on any atom is 0.252 e. The van der Waals surface area contributed by atoms with Crippen molar-refractivity contribution in [1.29, 1.82) is 0 Å². The third-order valence-corrected chi connectivity index (χ3v) is 4.87. The maximum absolute atomic E-state index is 12.2. The lowest BCUT2D eigenvalue weighted by atomic mass is 10.2. The Balaban J connectivity index is 0.00000312. The number of ether oxygens (including phenoxy) is 2. The Hall–Kier alpha value is -1.35. The number of hydrogen-bond donors (Lipinski definition) is 1. The summed E-state index contributed by atoms with van der Waals surface area (Å²) in [5.74, 6) is 0.580. The first kappa shape index (κ1) is 21.7. The Morgan fingerprint density at radius 1 is 1.36 bits per heavy atom. The van der Waals surface area contributed by atoms with Gasteiger partial charge in [-0.05, 0) is 30.7 Å². The van der Waals surface area contributed by atoms with E-state index in [1.165, 1.54) is 18.4 Å². The van der Waals surface area contributed by atoms with E-state index in [-0.39, 0.29) is 23.2 Å². The van der Waals surface area contributed by atoms with Crippen molar-refractivity contribution in [2.45, 2.75) is 17.4 Å². The van der Waals surface area contributed by atoms with Crippen molar-refractivity contribution in [2.75, 3.05) is 46.2 Å². The third kappa shape index (κ3) is 6.81. The third-order valence-electron chi connectivity index (χ3n) is 3.74. The molecule has 0 radical (unpaired) electrons. The van der Waals surface area contributed by atoms with E-state index in [9.17, 15) is 13.2 Å². The highest BCUT2D eigenvalue weighted by atomic mass is 35.5. The van der Waals surface area contributed by atoms with Gasteiger partial charge in [0.1, 0.15) is 11.9 Å². The molecule has 1 amide bonds. The van der Waals surface area contributed by atoms with E-state index < -0.39 is 15.9 Å². The summed E-state index contributed by atoms with van der Waals surface area (Å²) in [6.45, 7) is 2.89. The van der Waals surface area contributed by atoms with Crippen LogP contribution in [-0.4, -0.2) is 71.5 Å². The number of halogens is 1. The molecule has 1 aromatic rings. The average molecular weight is 393 g/mol. The molecule has 1 aliphatic heterocycles. The van der Waals surface area contributed by atoms with Gasteiger partial charge in [0.05, 0.1) is 18.1 Å². The lowest BCUT2D eigenvalue weighted by Crippen LogP contribution is -2.48. The van der Waals surface area contributed by atoms with E-state index in [0.29, 0.717) is 38.5 Å². The highest BCUT2D eigenvalue weighted by Gasteiger charge is 2.24. The van der Waals surface area contributed by atoms with Crippen molar-refractivity contribution < 1.29 is 22.7 Å². The van der Waals surface area contributed by atoms with E-state index >= 15 is 0 Å². The maximum atomic E-state index is 12.2. The molecule has 1 heterocycles. The second kappa shape index (κ2) is 9.96. The van der Waals surface area contributed by atoms with Gasteiger partial charge >= 0.3 is 0 Å². The number of morpholine rings is 1. The molecule has 7 nitrogen and oxygen atoms in total. The molecule has 0 saturated carbocycles. The number of nitrogens with one attached hydrogen (secondary N) is 1. The molecule has 0 bridgehead atoms. The molecular weight excluding hydrogens is 368 g/mol. The molecule has 0 spiro atoms. The summed E-state index contributed by atoms with van der Waals surface area (Å²) in [5.41, 5.74) is 0. The van der Waals surface area contributed by atoms with Crippen LogP contribution in [0.1, 0.15) is 6.42 Å². The van der Waals surface area contributed by atoms with Gasteiger partial charge < -0.3 is 19.7 Å². The summed E-state index contributed by atoms with van der Waals surface area (Å²) in [4.78, 5) is 14.1. The SMILES string of the molecule is CN(CCCOc1ccc(S(C)(=O)=O)cc1)C(=O)C1CNCCO1.Cl. The van der Waals surface area contributed by atoms with E-state index in [1.54, 1.807) is 24.1 Å². The zero-order valence-electron chi connectivity index (χ0n) is 14.4. The van der Waals surface area contributed by atoms with E-state index in [0.717, 1.165) is 6.54 Å². The number of benzene rings is 1. The van der Waals surface area contributed by atoms with Gasteiger partial charge in [0.2, 0.25) is 0 Å². The van der Waals surface area contributed by atoms with Gasteiger partial charge in [0, 0.05) is 32.9 Å². The molecule has 0 aliphatic carbocycles. The van der Waals surface area contributed by atoms with Crippen molar-refractivity contribution in [2.24, 2.45) is 0 Å². The molecule has 1 aromatic carbocycles. The smallest absolute Gasteiger partial charge is 0.252 e. The normalized spacial score (nSPS) is 17.4. The summed E-state index contributed by atoms with van der Waals surface area (Å²) in [5, 5.41) is 3.13. The summed E-state index contributed by atoms with van der Waals surface area (Å²) >= 11 is 0. The minimum absolute atomic E-state index is 0. The van der Waals surface area contributed by atoms with Crippen LogP contribution >= 0.6 is 12.4 Å². The molecule has 1 aliphatic rings. The summed E-state index contributed by atoms with van der Waals surface area (Å²) in [6, 6.07) is 6.31. The monoisotopic (exact) mass is 392 g/mol. The highest BCUT2D eigenvalue weighted by molar-refractivity contribution is 7.90. The topological polar surface area (TPSA) is 84.9 Å². The molecule has 142 valence electrons. The molecular formula is C16H25ClN2O5S. The Kier molecular flexibility index (Phi) is 8.64. The largest absolute Gasteiger partial charge is 0.494 e. The van der Waals surface area contributed by atoms with Crippen molar-refractivity contribution >= 4 is 28.2 Å². The number of hydrogen-bond acceptors (Lipinski definition) is 6. The minimum Gasteiger partial charge on any atom is -0.494 e. The number of likely N-dealkylation sites (N-methyl/N-ethyl adjacent to an activating group) is 1. The van der Waals surface area contributed by atoms with Crippen LogP contribution in [0.3, 0.4) is 0 Å². The number of sulfone groups is 1. The number of carbonyl (C=O) groups excluding carboxylic acids is 1. The molecule has 1 saturated heterocycles. The standard InChI is InChI=1S/C16H24N2O5S.ClH/c1-18(16(19)15-12-17-8-11-23-15)9-3-10-22-13-4-6-14(7-5-13)24(2,20)21;/h4-7,15,17H,3,8-12H2,1-2H3;1H. The van der Waals surface area contributed by atoms with Crippen LogP contribution in [-0.2, 0) is 19.4 Å². The lowest BCUT2D eigenvalue weighted by Gasteiger charge is -2.27. The molecule has 25 heavy (non-hydrogen) atoms. The Morgan fingerprint density at radius 3 is 2.60 bits per heavy atom. The molecule has 2 rings (SSSR count). The number of nitrogens with zero attached hydrogens (tertiary/aromatic N) is 1. The van der Waals surface area contributed by atoms with Gasteiger partial charge in [-0.15, -0.1) is 12.4 Å². The lowest BCUT2D eigenvalue weighted by molar-refractivity contribution is -0.143. The fraction of sp³-hybridized carbons (Fsp3) is 0.562. The van der Waals surface area contributed by atoms with Gasteiger partial charge in [-0.25, -0.2) is 8.42 Å². The zero-order valence-corrected chi connectivity index (χ0v) is 16.1. The molecule has 1 fully saturated rings. The zero-order chi connectivity index (χ0) is 17.6. The Morgan fingerprint density at radius 2 is 2.04 bits per heavy atom. The van der Waals surface area contributed by atoms with E-state index in [4.69, 9.17) is 9.47 Å². The first-order valence-electron chi connectivity index (χ1n) is 7.88. The van der Waals surface area contributed by atoms with E-state index in [2.05, 4.69) is 5.32 Å². The highest BCUT2D eigenvalue weighted by Crippen LogP contribution is 2.16. The first-order valence-corrected chi connectivity index (χ1v) is 9.77. The van der Waals surface area contributed by atoms with Gasteiger partial charge in [-0.2, -0.15) is 0 Å². The Labute approximate surface area is 155 Å². The van der Waals surface area contributed by atoms with Gasteiger partial charge in [0.25, 0.3) is 5.91 Å². The minimum atomic E-state index is -3.19. The fourth-order valence-electron chi connectivity index (χ4n) is 2.35. The second-order valence-corrected chi connectivity index (χ2v) is 7.78. The molecule has 1 atom stereocenters. The predicted octanol–water partition coefficient (Wildman–Crippen LogP) is 0.728. The number of carbonyl (C=O) groups is 1.